The standard InChI is InChI=1S/C8H14F3NO3S/c9-8(10,11)12(4-2-1-3-5-12)6-7-16(13,14)15/h1-7H2. The van der Waals surface area contributed by atoms with E-state index in [4.69, 9.17) is 0 Å². The molecular formula is C8H14F3NO3S. The highest BCUT2D eigenvalue weighted by atomic mass is 32.2. The molecule has 1 rings (SSSR count). The van der Waals surface area contributed by atoms with Crippen molar-refractivity contribution in [2.75, 3.05) is 25.4 Å². The lowest BCUT2D eigenvalue weighted by molar-refractivity contribution is -1.03. The number of likely N-dealkylation sites (tertiary alicyclic amines) is 1. The van der Waals surface area contributed by atoms with Gasteiger partial charge in [0.05, 0.1) is 25.4 Å². The van der Waals surface area contributed by atoms with Crippen LogP contribution in [0, 0.1) is 0 Å². The minimum atomic E-state index is -4.59. The first-order valence-electron chi connectivity index (χ1n) is 5.03. The van der Waals surface area contributed by atoms with E-state index in [1.54, 1.807) is 0 Å². The van der Waals surface area contributed by atoms with Gasteiger partial charge in [-0.1, -0.05) is 0 Å². The summed E-state index contributed by atoms with van der Waals surface area (Å²) >= 11 is 0. The van der Waals surface area contributed by atoms with Crippen LogP contribution in [0.1, 0.15) is 19.3 Å². The van der Waals surface area contributed by atoms with Crippen molar-refractivity contribution in [3.63, 3.8) is 0 Å². The first kappa shape index (κ1) is 13.7. The third kappa shape index (κ3) is 3.33. The predicted molar refractivity (Wildman–Crippen MR) is 49.3 cm³/mol. The number of nitrogens with zero attached hydrogens (tertiary/aromatic N) is 1. The van der Waals surface area contributed by atoms with Crippen molar-refractivity contribution in [2.24, 2.45) is 0 Å². The van der Waals surface area contributed by atoms with E-state index >= 15 is 0 Å². The Morgan fingerprint density at radius 2 is 1.62 bits per heavy atom. The second-order valence-electron chi connectivity index (χ2n) is 4.11. The summed E-state index contributed by atoms with van der Waals surface area (Å²) in [6.45, 7) is -0.909. The quantitative estimate of drug-likeness (QED) is 0.433. The van der Waals surface area contributed by atoms with Gasteiger partial charge in [-0.3, -0.25) is 0 Å². The molecule has 0 spiro atoms. The van der Waals surface area contributed by atoms with Crippen molar-refractivity contribution in [1.29, 1.82) is 0 Å². The fraction of sp³-hybridized carbons (Fsp3) is 1.00. The lowest BCUT2D eigenvalue weighted by Gasteiger charge is -2.41. The van der Waals surface area contributed by atoms with Crippen molar-refractivity contribution in [3.05, 3.63) is 0 Å². The highest BCUT2D eigenvalue weighted by molar-refractivity contribution is 7.85. The van der Waals surface area contributed by atoms with E-state index in [2.05, 4.69) is 0 Å². The maximum absolute atomic E-state index is 12.8. The lowest BCUT2D eigenvalue weighted by Crippen LogP contribution is -2.62. The SMILES string of the molecule is O=S(=O)([O-])CC[N+]1(C(F)(F)F)CCCCC1. The Morgan fingerprint density at radius 1 is 1.12 bits per heavy atom. The molecule has 0 amide bonds. The van der Waals surface area contributed by atoms with Gasteiger partial charge in [-0.05, 0) is 19.3 Å². The summed E-state index contributed by atoms with van der Waals surface area (Å²) in [5.74, 6) is -0.952. The van der Waals surface area contributed by atoms with Gasteiger partial charge in [0.1, 0.15) is 10.1 Å². The van der Waals surface area contributed by atoms with Crippen LogP contribution in [-0.2, 0) is 10.1 Å². The molecular weight excluding hydrogens is 247 g/mol. The van der Waals surface area contributed by atoms with Crippen molar-refractivity contribution in [1.82, 2.24) is 0 Å². The number of quaternary nitrogens is 1. The third-order valence-electron chi connectivity index (χ3n) is 2.98. The largest absolute Gasteiger partial charge is 0.748 e. The summed E-state index contributed by atoms with van der Waals surface area (Å²) < 4.78 is 68.5. The summed E-state index contributed by atoms with van der Waals surface area (Å²) in [4.78, 5) is 0. The molecule has 8 heteroatoms. The van der Waals surface area contributed by atoms with Gasteiger partial charge >= 0.3 is 6.30 Å². The van der Waals surface area contributed by atoms with Crippen molar-refractivity contribution in [2.45, 2.75) is 25.6 Å². The van der Waals surface area contributed by atoms with Crippen molar-refractivity contribution < 1.29 is 30.6 Å². The predicted octanol–water partition coefficient (Wildman–Crippen LogP) is 1.05. The molecule has 0 bridgehead atoms. The van der Waals surface area contributed by atoms with Crippen molar-refractivity contribution >= 4 is 10.1 Å². The molecule has 0 aromatic carbocycles. The van der Waals surface area contributed by atoms with Crippen LogP contribution < -0.4 is 0 Å². The maximum Gasteiger partial charge on any atom is 0.561 e. The molecule has 0 aliphatic carbocycles. The van der Waals surface area contributed by atoms with Gasteiger partial charge in [0.25, 0.3) is 0 Å². The number of halogens is 3. The smallest absolute Gasteiger partial charge is 0.561 e. The summed E-state index contributed by atoms with van der Waals surface area (Å²) in [6, 6.07) is 0. The van der Waals surface area contributed by atoms with E-state index in [9.17, 15) is 26.1 Å². The number of hydrogen-bond acceptors (Lipinski definition) is 3. The zero-order valence-corrected chi connectivity index (χ0v) is 9.48. The molecule has 1 heterocycles. The molecule has 0 N–H and O–H groups in total. The van der Waals surface area contributed by atoms with Gasteiger partial charge in [0, 0.05) is 0 Å². The Morgan fingerprint density at radius 3 is 2.00 bits per heavy atom. The molecule has 1 aliphatic heterocycles. The molecule has 0 unspecified atom stereocenters. The van der Waals surface area contributed by atoms with Crippen LogP contribution in [0.2, 0.25) is 0 Å². The van der Waals surface area contributed by atoms with E-state index in [1.165, 1.54) is 0 Å². The van der Waals surface area contributed by atoms with Gasteiger partial charge in [-0.25, -0.2) is 12.9 Å². The zero-order valence-electron chi connectivity index (χ0n) is 8.66. The Bertz CT molecular complexity index is 333. The summed E-state index contributed by atoms with van der Waals surface area (Å²) in [6.07, 6.45) is -2.93. The van der Waals surface area contributed by atoms with Crippen LogP contribution in [-0.4, -0.2) is 49.1 Å². The molecule has 0 saturated carbocycles. The topological polar surface area (TPSA) is 57.2 Å². The first-order chi connectivity index (χ1) is 7.16. The van der Waals surface area contributed by atoms with Crippen LogP contribution >= 0.6 is 0 Å². The second kappa shape index (κ2) is 4.50. The maximum atomic E-state index is 12.8. The van der Waals surface area contributed by atoms with E-state index in [0.29, 0.717) is 12.8 Å². The van der Waals surface area contributed by atoms with Gasteiger partial charge in [-0.15, -0.1) is 13.2 Å². The van der Waals surface area contributed by atoms with Crippen LogP contribution in [0.5, 0.6) is 0 Å². The van der Waals surface area contributed by atoms with E-state index < -0.39 is 33.2 Å². The molecule has 96 valence electrons. The normalized spacial score (nSPS) is 22.0. The molecule has 0 atom stereocenters. The molecule has 1 aliphatic rings. The van der Waals surface area contributed by atoms with E-state index in [-0.39, 0.29) is 13.1 Å². The number of hydrogen-bond donors (Lipinski definition) is 0. The summed E-state index contributed by atoms with van der Waals surface area (Å²) in [5.41, 5.74) is 0. The fourth-order valence-electron chi connectivity index (χ4n) is 2.01. The van der Waals surface area contributed by atoms with Crippen LogP contribution in [0.4, 0.5) is 13.2 Å². The number of piperidine rings is 1. The third-order valence-corrected chi connectivity index (χ3v) is 3.66. The van der Waals surface area contributed by atoms with Crippen LogP contribution in [0.15, 0.2) is 0 Å². The van der Waals surface area contributed by atoms with Gasteiger partial charge < -0.3 is 4.55 Å². The van der Waals surface area contributed by atoms with Crippen LogP contribution in [0.3, 0.4) is 0 Å². The van der Waals surface area contributed by atoms with Crippen molar-refractivity contribution in [3.8, 4) is 0 Å². The highest BCUT2D eigenvalue weighted by Crippen LogP contribution is 2.34. The molecule has 16 heavy (non-hydrogen) atoms. The molecule has 1 fully saturated rings. The molecule has 0 aromatic rings. The molecule has 1 saturated heterocycles. The van der Waals surface area contributed by atoms with E-state index in [1.807, 2.05) is 0 Å². The molecule has 4 nitrogen and oxygen atoms in total. The van der Waals surface area contributed by atoms with Gasteiger partial charge in [-0.2, -0.15) is 0 Å². The Kier molecular flexibility index (Phi) is 3.86. The number of alkyl halides is 3. The molecule has 0 radical (unpaired) electrons. The Labute approximate surface area is 92.4 Å². The summed E-state index contributed by atoms with van der Waals surface area (Å²) in [7, 11) is -4.59. The fourth-order valence-corrected chi connectivity index (χ4v) is 2.58. The lowest BCUT2D eigenvalue weighted by atomic mass is 10.1. The Hall–Kier alpha value is -0.340. The minimum absolute atomic E-state index is 0.126. The molecule has 0 aromatic heterocycles. The van der Waals surface area contributed by atoms with E-state index in [0.717, 1.165) is 6.42 Å². The number of rotatable bonds is 3. The van der Waals surface area contributed by atoms with Gasteiger partial charge in [0.2, 0.25) is 0 Å². The minimum Gasteiger partial charge on any atom is -0.748 e. The Balaban J connectivity index is 2.79. The monoisotopic (exact) mass is 261 g/mol. The van der Waals surface area contributed by atoms with Crippen LogP contribution in [0.25, 0.3) is 0 Å². The average molecular weight is 261 g/mol. The first-order valence-corrected chi connectivity index (χ1v) is 6.61. The summed E-state index contributed by atoms with van der Waals surface area (Å²) in [5, 5.41) is 0. The van der Waals surface area contributed by atoms with Gasteiger partial charge in [0.15, 0.2) is 0 Å². The average Bonchev–Trinajstić information content (AvgIpc) is 2.13. The second-order valence-corrected chi connectivity index (χ2v) is 5.63. The zero-order chi connectivity index (χ0) is 12.4. The highest BCUT2D eigenvalue weighted by Gasteiger charge is 2.54.